The predicted molar refractivity (Wildman–Crippen MR) is 108 cm³/mol. The summed E-state index contributed by atoms with van der Waals surface area (Å²) in [6, 6.07) is 11.5. The number of ether oxygens (including phenoxy) is 1. The summed E-state index contributed by atoms with van der Waals surface area (Å²) in [5.74, 6) is -1.07. The fourth-order valence-corrected chi connectivity index (χ4v) is 3.57. The molecule has 0 spiro atoms. The summed E-state index contributed by atoms with van der Waals surface area (Å²) >= 11 is 12.7. The van der Waals surface area contributed by atoms with E-state index in [2.05, 4.69) is 0 Å². The van der Waals surface area contributed by atoms with E-state index in [9.17, 15) is 14.4 Å². The van der Waals surface area contributed by atoms with Crippen LogP contribution in [0.2, 0.25) is 10.0 Å². The van der Waals surface area contributed by atoms with E-state index in [1.54, 1.807) is 48.5 Å². The van der Waals surface area contributed by atoms with Crippen molar-refractivity contribution >= 4 is 58.2 Å². The third-order valence-electron chi connectivity index (χ3n) is 3.74. The maximum absolute atomic E-state index is 12.6. The van der Waals surface area contributed by atoms with Crippen molar-refractivity contribution in [1.82, 2.24) is 4.90 Å². The number of carbonyl (C=O) groups excluding carboxylic acids is 2. The molecule has 3 rings (SSSR count). The monoisotopic (exact) mass is 437 g/mol. The number of carboxylic acids is 1. The molecule has 1 fully saturated rings. The number of thioether (sulfide) groups is 1. The molecule has 2 amide bonds. The largest absolute Gasteiger partial charge is 0.482 e. The Hall–Kier alpha value is -2.48. The topological polar surface area (TPSA) is 83.9 Å². The second-order valence-corrected chi connectivity index (χ2v) is 7.58. The third kappa shape index (κ3) is 4.86. The number of benzene rings is 2. The Balaban J connectivity index is 1.71. The van der Waals surface area contributed by atoms with Gasteiger partial charge < -0.3 is 9.84 Å². The minimum absolute atomic E-state index is 0.0981. The highest BCUT2D eigenvalue weighted by molar-refractivity contribution is 8.18. The lowest BCUT2D eigenvalue weighted by Crippen LogP contribution is -2.27. The number of hydrogen-bond acceptors (Lipinski definition) is 5. The molecule has 0 bridgehead atoms. The Morgan fingerprint density at radius 3 is 2.46 bits per heavy atom. The number of amides is 2. The van der Waals surface area contributed by atoms with Crippen LogP contribution in [0, 0.1) is 0 Å². The molecule has 1 heterocycles. The molecule has 1 aliphatic rings. The summed E-state index contributed by atoms with van der Waals surface area (Å²) in [5, 5.41) is 8.99. The lowest BCUT2D eigenvalue weighted by Gasteiger charge is -2.12. The number of halogens is 2. The van der Waals surface area contributed by atoms with E-state index in [1.807, 2.05) is 0 Å². The highest BCUT2D eigenvalue weighted by atomic mass is 35.5. The van der Waals surface area contributed by atoms with Crippen LogP contribution in [0.5, 0.6) is 5.75 Å². The van der Waals surface area contributed by atoms with Gasteiger partial charge in [-0.25, -0.2) is 4.79 Å². The van der Waals surface area contributed by atoms with Gasteiger partial charge in [0.1, 0.15) is 5.75 Å². The van der Waals surface area contributed by atoms with E-state index in [4.69, 9.17) is 33.0 Å². The van der Waals surface area contributed by atoms with Crippen molar-refractivity contribution in [2.24, 2.45) is 0 Å². The Morgan fingerprint density at radius 2 is 1.82 bits per heavy atom. The van der Waals surface area contributed by atoms with Crippen LogP contribution in [-0.2, 0) is 16.1 Å². The summed E-state index contributed by atoms with van der Waals surface area (Å²) in [6.45, 7) is -0.339. The van der Waals surface area contributed by atoms with E-state index in [0.717, 1.165) is 16.7 Å². The molecule has 6 nitrogen and oxygen atoms in total. The zero-order chi connectivity index (χ0) is 20.3. The molecule has 9 heteroatoms. The molecule has 28 heavy (non-hydrogen) atoms. The Morgan fingerprint density at radius 1 is 1.11 bits per heavy atom. The molecule has 0 unspecified atom stereocenters. The summed E-state index contributed by atoms with van der Waals surface area (Å²) in [4.78, 5) is 36.8. The minimum Gasteiger partial charge on any atom is -0.482 e. The van der Waals surface area contributed by atoms with E-state index in [-0.39, 0.29) is 11.8 Å². The van der Waals surface area contributed by atoms with Crippen LogP contribution in [0.25, 0.3) is 6.08 Å². The molecule has 144 valence electrons. The third-order valence-corrected chi connectivity index (χ3v) is 5.38. The second-order valence-electron chi connectivity index (χ2n) is 5.77. The number of hydrogen-bond donors (Lipinski definition) is 1. The fourth-order valence-electron chi connectivity index (χ4n) is 2.41. The van der Waals surface area contributed by atoms with Crippen LogP contribution in [0.4, 0.5) is 4.79 Å². The molecular weight excluding hydrogens is 425 g/mol. The molecule has 0 aliphatic carbocycles. The smallest absolute Gasteiger partial charge is 0.341 e. The van der Waals surface area contributed by atoms with Gasteiger partial charge in [-0.1, -0.05) is 41.4 Å². The molecule has 0 radical (unpaired) electrons. The van der Waals surface area contributed by atoms with Crippen molar-refractivity contribution in [2.45, 2.75) is 6.54 Å². The minimum atomic E-state index is -1.07. The van der Waals surface area contributed by atoms with E-state index in [1.165, 1.54) is 0 Å². The van der Waals surface area contributed by atoms with Crippen molar-refractivity contribution in [2.75, 3.05) is 6.61 Å². The summed E-state index contributed by atoms with van der Waals surface area (Å²) < 4.78 is 5.06. The van der Waals surface area contributed by atoms with Crippen molar-refractivity contribution in [1.29, 1.82) is 0 Å². The van der Waals surface area contributed by atoms with E-state index >= 15 is 0 Å². The van der Waals surface area contributed by atoms with Gasteiger partial charge in [0.15, 0.2) is 6.61 Å². The summed E-state index contributed by atoms with van der Waals surface area (Å²) in [5.41, 5.74) is 1.38. The van der Waals surface area contributed by atoms with Crippen molar-refractivity contribution in [3.8, 4) is 5.75 Å². The average molecular weight is 438 g/mol. The lowest BCUT2D eigenvalue weighted by atomic mass is 10.2. The van der Waals surface area contributed by atoms with Crippen LogP contribution >= 0.6 is 35.0 Å². The first-order valence-corrected chi connectivity index (χ1v) is 9.54. The van der Waals surface area contributed by atoms with Gasteiger partial charge in [0.2, 0.25) is 0 Å². The summed E-state index contributed by atoms with van der Waals surface area (Å²) in [7, 11) is 0. The Kier molecular flexibility index (Phi) is 6.28. The van der Waals surface area contributed by atoms with Gasteiger partial charge in [-0.3, -0.25) is 14.5 Å². The Labute approximate surface area is 174 Å². The first kappa shape index (κ1) is 20.3. The van der Waals surface area contributed by atoms with Crippen molar-refractivity contribution < 1.29 is 24.2 Å². The van der Waals surface area contributed by atoms with Crippen LogP contribution in [0.15, 0.2) is 47.4 Å². The SMILES string of the molecule is O=C(O)COc1ccc(/C=C2\SC(=O)N(Cc3ccc(Cl)c(Cl)c3)C2=O)cc1. The van der Waals surface area contributed by atoms with Crippen LogP contribution < -0.4 is 4.74 Å². The van der Waals surface area contributed by atoms with Crippen molar-refractivity contribution in [3.05, 3.63) is 68.5 Å². The molecule has 0 aromatic heterocycles. The first-order chi connectivity index (χ1) is 13.3. The number of imide groups is 1. The van der Waals surface area contributed by atoms with E-state index < -0.39 is 18.5 Å². The average Bonchev–Trinajstić information content (AvgIpc) is 2.91. The van der Waals surface area contributed by atoms with Gasteiger partial charge in [0.05, 0.1) is 21.5 Å². The fraction of sp³-hybridized carbons (Fsp3) is 0.105. The zero-order valence-electron chi connectivity index (χ0n) is 14.2. The lowest BCUT2D eigenvalue weighted by molar-refractivity contribution is -0.139. The van der Waals surface area contributed by atoms with Gasteiger partial charge in [0.25, 0.3) is 11.1 Å². The molecule has 1 N–H and O–H groups in total. The normalized spacial score (nSPS) is 15.4. The quantitative estimate of drug-likeness (QED) is 0.659. The number of aliphatic carboxylic acids is 1. The second kappa shape index (κ2) is 8.68. The van der Waals surface area contributed by atoms with Gasteiger partial charge in [-0.15, -0.1) is 0 Å². The molecular formula is C19H13Cl2NO5S. The first-order valence-electron chi connectivity index (χ1n) is 7.97. The van der Waals surface area contributed by atoms with Gasteiger partial charge in [-0.2, -0.15) is 0 Å². The van der Waals surface area contributed by atoms with Crippen LogP contribution in [0.3, 0.4) is 0 Å². The standard InChI is InChI=1S/C19H13Cl2NO5S/c20-14-6-3-12(7-15(14)21)9-22-18(25)16(28-19(22)26)8-11-1-4-13(5-2-11)27-10-17(23)24/h1-8H,9-10H2,(H,23,24)/b16-8-. The predicted octanol–water partition coefficient (Wildman–Crippen LogP) is 4.69. The molecule has 1 saturated heterocycles. The van der Waals surface area contributed by atoms with Crippen LogP contribution in [0.1, 0.15) is 11.1 Å². The summed E-state index contributed by atoms with van der Waals surface area (Å²) in [6.07, 6.45) is 1.60. The Bertz CT molecular complexity index is 975. The number of carbonyl (C=O) groups is 3. The van der Waals surface area contributed by atoms with Crippen LogP contribution in [-0.4, -0.2) is 33.7 Å². The number of rotatable bonds is 6. The highest BCUT2D eigenvalue weighted by Crippen LogP contribution is 2.34. The molecule has 2 aromatic carbocycles. The van der Waals surface area contributed by atoms with Gasteiger partial charge in [-0.05, 0) is 53.2 Å². The zero-order valence-corrected chi connectivity index (χ0v) is 16.6. The molecule has 0 atom stereocenters. The maximum atomic E-state index is 12.6. The molecule has 0 saturated carbocycles. The van der Waals surface area contributed by atoms with Gasteiger partial charge >= 0.3 is 5.97 Å². The number of carboxylic acid groups (broad SMARTS) is 1. The highest BCUT2D eigenvalue weighted by Gasteiger charge is 2.35. The number of nitrogens with zero attached hydrogens (tertiary/aromatic N) is 1. The molecule has 1 aliphatic heterocycles. The molecule has 2 aromatic rings. The van der Waals surface area contributed by atoms with Crippen molar-refractivity contribution in [3.63, 3.8) is 0 Å². The van der Waals surface area contributed by atoms with Gasteiger partial charge in [0, 0.05) is 0 Å². The maximum Gasteiger partial charge on any atom is 0.341 e. The van der Waals surface area contributed by atoms with E-state index in [0.29, 0.717) is 31.8 Å².